The molecule has 2 atom stereocenters. The van der Waals surface area contributed by atoms with Crippen LogP contribution in [-0.2, 0) is 23.1 Å². The van der Waals surface area contributed by atoms with Crippen LogP contribution in [0.3, 0.4) is 0 Å². The van der Waals surface area contributed by atoms with E-state index in [1.165, 1.54) is 128 Å². The molecule has 0 bridgehead atoms. The number of hydrogen-bond donors (Lipinski definition) is 1. The topological polar surface area (TPSA) is 74.2 Å². The highest BCUT2D eigenvalue weighted by Gasteiger charge is 2.25. The maximum atomic E-state index is 12.5. The lowest BCUT2D eigenvalue weighted by Crippen LogP contribution is -2.37. The summed E-state index contributed by atoms with van der Waals surface area (Å²) in [6.45, 7) is 6.84. The van der Waals surface area contributed by atoms with Crippen LogP contribution in [0.15, 0.2) is 0 Å². The summed E-state index contributed by atoms with van der Waals surface area (Å²) in [5.74, 6) is 13.4. The van der Waals surface area contributed by atoms with Crippen LogP contribution in [0.5, 0.6) is 0 Å². The Morgan fingerprint density at radius 2 is 0.885 bits per heavy atom. The Labute approximate surface area is 323 Å². The summed E-state index contributed by atoms with van der Waals surface area (Å²) >= 11 is 0. The third-order valence-electron chi connectivity index (χ3n) is 9.19. The Hall–Kier alpha value is -0.890. The maximum Gasteiger partial charge on any atom is 0.472 e. The molecule has 0 aliphatic rings. The van der Waals surface area contributed by atoms with Crippen LogP contribution in [0.1, 0.15) is 194 Å². The van der Waals surface area contributed by atoms with Gasteiger partial charge in [0.25, 0.3) is 0 Å². The Balaban J connectivity index is 4.14. The number of phosphoric ester groups is 1. The number of phosphoric acid groups is 1. The van der Waals surface area contributed by atoms with Crippen LogP contribution < -0.4 is 0 Å². The van der Waals surface area contributed by atoms with Crippen LogP contribution in [0.2, 0.25) is 0 Å². The first kappa shape index (κ1) is 51.1. The third kappa shape index (κ3) is 41.9. The van der Waals surface area contributed by atoms with E-state index in [4.69, 9.17) is 18.5 Å². The van der Waals surface area contributed by atoms with Gasteiger partial charge in [0, 0.05) is 38.9 Å². The predicted octanol–water partition coefficient (Wildman–Crippen LogP) is 12.2. The first-order chi connectivity index (χ1) is 25.2. The van der Waals surface area contributed by atoms with Crippen molar-refractivity contribution in [2.24, 2.45) is 0 Å². The van der Waals surface area contributed by atoms with Gasteiger partial charge in [0.1, 0.15) is 19.3 Å². The predicted molar refractivity (Wildman–Crippen MR) is 221 cm³/mol. The number of unbranched alkanes of at least 4 members (excludes halogenated alkanes) is 24. The molecule has 52 heavy (non-hydrogen) atoms. The fraction of sp³-hybridized carbons (Fsp3) is 0.909. The van der Waals surface area contributed by atoms with Crippen molar-refractivity contribution in [3.63, 3.8) is 0 Å². The Morgan fingerprint density at radius 1 is 0.500 bits per heavy atom. The number of rotatable bonds is 38. The first-order valence-corrected chi connectivity index (χ1v) is 23.2. The quantitative estimate of drug-likeness (QED) is 0.0293. The maximum absolute atomic E-state index is 12.5. The van der Waals surface area contributed by atoms with Gasteiger partial charge < -0.3 is 18.9 Å². The van der Waals surface area contributed by atoms with E-state index in [-0.39, 0.29) is 13.2 Å². The molecule has 0 saturated heterocycles. The standard InChI is InChI=1S/C44H84NO6P/c1-6-8-10-12-14-16-18-20-22-24-26-28-30-32-34-36-39-48-42-44(43-51-52(46,47)50-41-38-45(3,4)5)49-40-37-35-33-31-29-27-25-23-21-19-17-15-13-11-9-7-2/h44H,6-19,24-43H2,1-5H3/p+1/t44-/m1/s1. The number of nitrogens with zero attached hydrogens (tertiary/aromatic N) is 1. The van der Waals surface area contributed by atoms with Crippen molar-refractivity contribution in [2.75, 3.05) is 60.7 Å². The Kier molecular flexibility index (Phi) is 37.7. The normalized spacial score (nSPS) is 13.3. The van der Waals surface area contributed by atoms with Crippen molar-refractivity contribution >= 4 is 7.82 Å². The fourth-order valence-corrected chi connectivity index (χ4v) is 6.48. The van der Waals surface area contributed by atoms with Gasteiger partial charge in [-0.3, -0.25) is 9.05 Å². The van der Waals surface area contributed by atoms with E-state index in [0.29, 0.717) is 30.8 Å². The van der Waals surface area contributed by atoms with Gasteiger partial charge >= 0.3 is 7.82 Å². The highest BCUT2D eigenvalue weighted by molar-refractivity contribution is 7.47. The van der Waals surface area contributed by atoms with E-state index in [1.807, 2.05) is 21.1 Å². The van der Waals surface area contributed by atoms with Gasteiger partial charge in [-0.2, -0.15) is 0 Å². The molecule has 0 amide bonds. The van der Waals surface area contributed by atoms with Gasteiger partial charge in [-0.25, -0.2) is 4.57 Å². The van der Waals surface area contributed by atoms with Crippen LogP contribution >= 0.6 is 7.82 Å². The molecule has 0 aromatic heterocycles. The Bertz CT molecular complexity index is 931. The molecule has 8 heteroatoms. The van der Waals surface area contributed by atoms with E-state index in [2.05, 4.69) is 37.5 Å². The van der Waals surface area contributed by atoms with Gasteiger partial charge in [-0.1, -0.05) is 129 Å². The fourth-order valence-electron chi connectivity index (χ4n) is 5.74. The van der Waals surface area contributed by atoms with Crippen molar-refractivity contribution in [1.82, 2.24) is 0 Å². The summed E-state index contributed by atoms with van der Waals surface area (Å²) in [5.41, 5.74) is 0. The zero-order chi connectivity index (χ0) is 38.3. The zero-order valence-corrected chi connectivity index (χ0v) is 35.9. The van der Waals surface area contributed by atoms with Crippen LogP contribution in [0.4, 0.5) is 0 Å². The van der Waals surface area contributed by atoms with Crippen molar-refractivity contribution in [1.29, 1.82) is 0 Å². The molecule has 0 fully saturated rings. The second-order valence-electron chi connectivity index (χ2n) is 15.7. The molecule has 0 rings (SSSR count). The summed E-state index contributed by atoms with van der Waals surface area (Å²) in [4.78, 5) is 10.2. The lowest BCUT2D eigenvalue weighted by molar-refractivity contribution is -0.870. The molecule has 306 valence electrons. The highest BCUT2D eigenvalue weighted by atomic mass is 31.2. The van der Waals surface area contributed by atoms with E-state index in [9.17, 15) is 9.46 Å². The SMILES string of the molecule is CCCCCCCCC#CCCCCCCCCOC[C@H](COP(=O)(O)OCC[N+](C)(C)C)OCCCCCCCCC#CCCCCCCCC. The van der Waals surface area contributed by atoms with Crippen LogP contribution in [0, 0.1) is 23.7 Å². The lowest BCUT2D eigenvalue weighted by Gasteiger charge is -2.24. The zero-order valence-electron chi connectivity index (χ0n) is 35.0. The van der Waals surface area contributed by atoms with Gasteiger partial charge in [-0.05, 0) is 38.5 Å². The smallest absolute Gasteiger partial charge is 0.379 e. The molecule has 0 aromatic carbocycles. The number of ether oxygens (including phenoxy) is 2. The van der Waals surface area contributed by atoms with Crippen molar-refractivity contribution < 1.29 is 32.5 Å². The minimum atomic E-state index is -4.15. The van der Waals surface area contributed by atoms with E-state index < -0.39 is 13.9 Å². The highest BCUT2D eigenvalue weighted by Crippen LogP contribution is 2.43. The van der Waals surface area contributed by atoms with Crippen LogP contribution in [-0.4, -0.2) is 76.2 Å². The lowest BCUT2D eigenvalue weighted by atomic mass is 10.1. The van der Waals surface area contributed by atoms with E-state index in [0.717, 1.165) is 51.4 Å². The summed E-state index contributed by atoms with van der Waals surface area (Å²) in [6.07, 6.45) is 33.6. The summed E-state index contributed by atoms with van der Waals surface area (Å²) in [6, 6.07) is 0. The van der Waals surface area contributed by atoms with E-state index in [1.54, 1.807) is 0 Å². The number of quaternary nitrogens is 1. The molecule has 0 aromatic rings. The van der Waals surface area contributed by atoms with Crippen molar-refractivity contribution in [2.45, 2.75) is 200 Å². The molecular formula is C44H85NO6P+. The van der Waals surface area contributed by atoms with Crippen LogP contribution in [0.25, 0.3) is 0 Å². The molecule has 0 radical (unpaired) electrons. The summed E-state index contributed by atoms with van der Waals surface area (Å²) in [7, 11) is 1.88. The molecule has 1 N–H and O–H groups in total. The van der Waals surface area contributed by atoms with Gasteiger partial charge in [-0.15, -0.1) is 23.7 Å². The molecule has 0 spiro atoms. The first-order valence-electron chi connectivity index (χ1n) is 21.7. The molecule has 0 aliphatic carbocycles. The molecule has 0 saturated carbocycles. The molecule has 7 nitrogen and oxygen atoms in total. The van der Waals surface area contributed by atoms with Gasteiger partial charge in [0.2, 0.25) is 0 Å². The molecule has 0 aliphatic heterocycles. The average molecular weight is 755 g/mol. The van der Waals surface area contributed by atoms with Crippen molar-refractivity contribution in [3.05, 3.63) is 0 Å². The summed E-state index contributed by atoms with van der Waals surface area (Å²) < 4.78 is 35.7. The second-order valence-corrected chi connectivity index (χ2v) is 17.1. The third-order valence-corrected chi connectivity index (χ3v) is 10.2. The van der Waals surface area contributed by atoms with E-state index >= 15 is 0 Å². The largest absolute Gasteiger partial charge is 0.472 e. The average Bonchev–Trinajstić information content (AvgIpc) is 3.10. The van der Waals surface area contributed by atoms with Gasteiger partial charge in [0.05, 0.1) is 34.4 Å². The molecular weight excluding hydrogens is 669 g/mol. The van der Waals surface area contributed by atoms with Crippen molar-refractivity contribution in [3.8, 4) is 23.7 Å². The Morgan fingerprint density at radius 3 is 1.31 bits per heavy atom. The number of likely N-dealkylation sites (N-methyl/N-ethyl adjacent to an activating group) is 1. The van der Waals surface area contributed by atoms with Gasteiger partial charge in [0.15, 0.2) is 0 Å². The summed E-state index contributed by atoms with van der Waals surface area (Å²) in [5, 5.41) is 0. The minimum absolute atomic E-state index is 0.0279. The minimum Gasteiger partial charge on any atom is -0.379 e. The monoisotopic (exact) mass is 755 g/mol. The second kappa shape index (κ2) is 38.4. The molecule has 1 unspecified atom stereocenters. The molecule has 0 heterocycles. The number of hydrogen-bond acceptors (Lipinski definition) is 5.